The van der Waals surface area contributed by atoms with Gasteiger partial charge in [0.25, 0.3) is 0 Å². The largest absolute Gasteiger partial charge is 0.379 e. The van der Waals surface area contributed by atoms with E-state index in [1.54, 1.807) is 11.3 Å². The van der Waals surface area contributed by atoms with Gasteiger partial charge in [-0.2, -0.15) is 11.3 Å². The lowest BCUT2D eigenvalue weighted by atomic mass is 10.2. The van der Waals surface area contributed by atoms with Crippen molar-refractivity contribution in [3.63, 3.8) is 0 Å². The Morgan fingerprint density at radius 2 is 2.17 bits per heavy atom. The summed E-state index contributed by atoms with van der Waals surface area (Å²) in [6, 6.07) is 6.83. The van der Waals surface area contributed by atoms with Crippen molar-refractivity contribution in [2.45, 2.75) is 12.6 Å². The Hall–Kier alpha value is -1.41. The Labute approximate surface area is 151 Å². The summed E-state index contributed by atoms with van der Waals surface area (Å²) in [5.74, 6) is 0.844. The highest BCUT2D eigenvalue weighted by Gasteiger charge is 2.23. The van der Waals surface area contributed by atoms with Crippen molar-refractivity contribution in [2.75, 3.05) is 39.9 Å². The number of morpholine rings is 1. The van der Waals surface area contributed by atoms with E-state index in [2.05, 4.69) is 54.9 Å². The molecule has 0 aliphatic carbocycles. The molecule has 1 aliphatic rings. The molecule has 2 aromatic heterocycles. The summed E-state index contributed by atoms with van der Waals surface area (Å²) in [5.41, 5.74) is 1.28. The molecule has 3 heterocycles. The van der Waals surface area contributed by atoms with Crippen molar-refractivity contribution >= 4 is 28.6 Å². The maximum Gasteiger partial charge on any atom is 0.191 e. The standard InChI is InChI=1S/C17H24N4OS2/c1-18-17(19-11-14-4-10-23-13-14)20-12-15(16-3-2-9-24-16)21-5-7-22-8-6-21/h2-4,9-10,13,15H,5-8,11-12H2,1H3,(H2,18,19,20). The molecule has 2 aromatic rings. The van der Waals surface area contributed by atoms with Gasteiger partial charge in [0, 0.05) is 38.1 Å². The molecule has 130 valence electrons. The summed E-state index contributed by atoms with van der Waals surface area (Å²) < 4.78 is 5.50. The zero-order chi connectivity index (χ0) is 16.6. The number of rotatable bonds is 6. The highest BCUT2D eigenvalue weighted by molar-refractivity contribution is 7.10. The third-order valence-corrected chi connectivity index (χ3v) is 5.79. The molecule has 0 amide bonds. The van der Waals surface area contributed by atoms with Crippen molar-refractivity contribution in [3.05, 3.63) is 44.8 Å². The molecule has 3 rings (SSSR count). The lowest BCUT2D eigenvalue weighted by molar-refractivity contribution is 0.0177. The normalized spacial score (nSPS) is 17.6. The first kappa shape index (κ1) is 17.4. The van der Waals surface area contributed by atoms with E-state index in [0.29, 0.717) is 6.04 Å². The van der Waals surface area contributed by atoms with E-state index >= 15 is 0 Å². The fraction of sp³-hybridized carbons (Fsp3) is 0.471. The van der Waals surface area contributed by atoms with Gasteiger partial charge in [0.15, 0.2) is 5.96 Å². The maximum absolute atomic E-state index is 5.50. The van der Waals surface area contributed by atoms with E-state index in [4.69, 9.17) is 4.74 Å². The monoisotopic (exact) mass is 364 g/mol. The van der Waals surface area contributed by atoms with Gasteiger partial charge in [0.1, 0.15) is 0 Å². The van der Waals surface area contributed by atoms with Crippen LogP contribution < -0.4 is 10.6 Å². The summed E-state index contributed by atoms with van der Waals surface area (Å²) in [6.07, 6.45) is 0. The molecule has 1 unspecified atom stereocenters. The van der Waals surface area contributed by atoms with Gasteiger partial charge in [-0.3, -0.25) is 9.89 Å². The third kappa shape index (κ3) is 4.80. The predicted molar refractivity (Wildman–Crippen MR) is 102 cm³/mol. The summed E-state index contributed by atoms with van der Waals surface area (Å²) in [5, 5.41) is 13.3. The summed E-state index contributed by atoms with van der Waals surface area (Å²) >= 11 is 3.53. The van der Waals surface area contributed by atoms with Crippen molar-refractivity contribution in [2.24, 2.45) is 4.99 Å². The molecular weight excluding hydrogens is 340 g/mol. The molecule has 1 atom stereocenters. The quantitative estimate of drug-likeness (QED) is 0.611. The minimum atomic E-state index is 0.355. The molecule has 0 aromatic carbocycles. The number of guanidine groups is 1. The molecule has 24 heavy (non-hydrogen) atoms. The van der Waals surface area contributed by atoms with Crippen LogP contribution in [0.25, 0.3) is 0 Å². The smallest absolute Gasteiger partial charge is 0.191 e. The van der Waals surface area contributed by atoms with E-state index in [-0.39, 0.29) is 0 Å². The first-order chi connectivity index (χ1) is 11.9. The summed E-state index contributed by atoms with van der Waals surface area (Å²) in [6.45, 7) is 5.21. The van der Waals surface area contributed by atoms with Crippen LogP contribution in [-0.4, -0.2) is 50.8 Å². The van der Waals surface area contributed by atoms with E-state index in [0.717, 1.165) is 45.4 Å². The van der Waals surface area contributed by atoms with Gasteiger partial charge >= 0.3 is 0 Å². The maximum atomic E-state index is 5.50. The van der Waals surface area contributed by atoms with Crippen LogP contribution >= 0.6 is 22.7 Å². The van der Waals surface area contributed by atoms with Crippen LogP contribution in [0.4, 0.5) is 0 Å². The van der Waals surface area contributed by atoms with Crippen LogP contribution in [0.5, 0.6) is 0 Å². The average Bonchev–Trinajstić information content (AvgIpc) is 3.32. The molecule has 0 radical (unpaired) electrons. The van der Waals surface area contributed by atoms with Gasteiger partial charge in [0.05, 0.1) is 19.3 Å². The second kappa shape index (κ2) is 9.17. The molecule has 0 saturated carbocycles. The Bertz CT molecular complexity index is 607. The minimum absolute atomic E-state index is 0.355. The van der Waals surface area contributed by atoms with Crippen molar-refractivity contribution < 1.29 is 4.74 Å². The number of hydrogen-bond donors (Lipinski definition) is 2. The van der Waals surface area contributed by atoms with E-state index < -0.39 is 0 Å². The lowest BCUT2D eigenvalue weighted by Gasteiger charge is -2.34. The number of aliphatic imine (C=N–C) groups is 1. The van der Waals surface area contributed by atoms with Crippen molar-refractivity contribution in [3.8, 4) is 0 Å². The van der Waals surface area contributed by atoms with Crippen molar-refractivity contribution in [1.29, 1.82) is 0 Å². The molecule has 7 heteroatoms. The number of ether oxygens (including phenoxy) is 1. The fourth-order valence-corrected chi connectivity index (χ4v) is 4.30. The van der Waals surface area contributed by atoms with Crippen LogP contribution in [0.2, 0.25) is 0 Å². The highest BCUT2D eigenvalue weighted by Crippen LogP contribution is 2.25. The Balaban J connectivity index is 1.57. The Kier molecular flexibility index (Phi) is 6.66. The molecule has 1 fully saturated rings. The zero-order valence-electron chi connectivity index (χ0n) is 13.9. The summed E-state index contributed by atoms with van der Waals surface area (Å²) in [4.78, 5) is 8.23. The van der Waals surface area contributed by atoms with Crippen LogP contribution in [0.1, 0.15) is 16.5 Å². The second-order valence-electron chi connectivity index (χ2n) is 5.62. The molecule has 1 aliphatic heterocycles. The third-order valence-electron chi connectivity index (χ3n) is 4.08. The predicted octanol–water partition coefficient (Wildman–Crippen LogP) is 2.55. The topological polar surface area (TPSA) is 48.9 Å². The Morgan fingerprint density at radius 1 is 1.29 bits per heavy atom. The van der Waals surface area contributed by atoms with E-state index in [1.807, 2.05) is 18.4 Å². The molecule has 0 spiro atoms. The first-order valence-electron chi connectivity index (χ1n) is 8.17. The molecule has 1 saturated heterocycles. The SMILES string of the molecule is CN=C(NCc1ccsc1)NCC(c1cccs1)N1CCOCC1. The van der Waals surface area contributed by atoms with Gasteiger partial charge in [-0.15, -0.1) is 11.3 Å². The van der Waals surface area contributed by atoms with Crippen LogP contribution in [0.15, 0.2) is 39.3 Å². The van der Waals surface area contributed by atoms with Gasteiger partial charge in [-0.1, -0.05) is 6.07 Å². The van der Waals surface area contributed by atoms with Crippen LogP contribution in [0, 0.1) is 0 Å². The van der Waals surface area contributed by atoms with E-state index in [9.17, 15) is 0 Å². The van der Waals surface area contributed by atoms with Gasteiger partial charge in [-0.25, -0.2) is 0 Å². The fourth-order valence-electron chi connectivity index (χ4n) is 2.77. The lowest BCUT2D eigenvalue weighted by Crippen LogP contribution is -2.46. The highest BCUT2D eigenvalue weighted by atomic mass is 32.1. The number of nitrogens with one attached hydrogen (secondary N) is 2. The number of hydrogen-bond acceptors (Lipinski definition) is 5. The number of thiophene rings is 2. The van der Waals surface area contributed by atoms with E-state index in [1.165, 1.54) is 10.4 Å². The minimum Gasteiger partial charge on any atom is -0.379 e. The number of nitrogens with zero attached hydrogens (tertiary/aromatic N) is 2. The van der Waals surface area contributed by atoms with Crippen LogP contribution in [0.3, 0.4) is 0 Å². The average molecular weight is 365 g/mol. The second-order valence-corrected chi connectivity index (χ2v) is 7.38. The van der Waals surface area contributed by atoms with Crippen molar-refractivity contribution in [1.82, 2.24) is 15.5 Å². The van der Waals surface area contributed by atoms with Gasteiger partial charge in [0.2, 0.25) is 0 Å². The molecule has 0 bridgehead atoms. The Morgan fingerprint density at radius 3 is 2.83 bits per heavy atom. The first-order valence-corrected chi connectivity index (χ1v) is 10.00. The molecule has 5 nitrogen and oxygen atoms in total. The zero-order valence-corrected chi connectivity index (χ0v) is 15.5. The van der Waals surface area contributed by atoms with Gasteiger partial charge < -0.3 is 15.4 Å². The van der Waals surface area contributed by atoms with Crippen LogP contribution in [-0.2, 0) is 11.3 Å². The molecular formula is C17H24N4OS2. The summed E-state index contributed by atoms with van der Waals surface area (Å²) in [7, 11) is 1.82. The van der Waals surface area contributed by atoms with Gasteiger partial charge in [-0.05, 0) is 33.8 Å². The molecule has 2 N–H and O–H groups in total.